The zero-order valence-corrected chi connectivity index (χ0v) is 10.0. The average molecular weight is 261 g/mol. The fourth-order valence-electron chi connectivity index (χ4n) is 1.45. The molecule has 90 valence electrons. The van der Waals surface area contributed by atoms with E-state index in [-0.39, 0.29) is 5.69 Å². The lowest BCUT2D eigenvalue weighted by Crippen LogP contribution is -1.87. The SMILES string of the molecule is O=[N+]([O-])c1cccc(/C=C/c2cncc(Cl)c2)c1. The number of nitro groups is 1. The fourth-order valence-corrected chi connectivity index (χ4v) is 1.64. The van der Waals surface area contributed by atoms with Crippen molar-refractivity contribution in [3.05, 3.63) is 69.0 Å². The van der Waals surface area contributed by atoms with Crippen molar-refractivity contribution < 1.29 is 4.92 Å². The van der Waals surface area contributed by atoms with Crippen molar-refractivity contribution in [2.45, 2.75) is 0 Å². The zero-order valence-electron chi connectivity index (χ0n) is 9.29. The lowest BCUT2D eigenvalue weighted by Gasteiger charge is -1.95. The van der Waals surface area contributed by atoms with Gasteiger partial charge in [-0.15, -0.1) is 0 Å². The minimum atomic E-state index is -0.418. The van der Waals surface area contributed by atoms with Crippen LogP contribution in [0, 0.1) is 10.1 Å². The monoisotopic (exact) mass is 260 g/mol. The smallest absolute Gasteiger partial charge is 0.263 e. The van der Waals surface area contributed by atoms with Gasteiger partial charge in [0.05, 0.1) is 9.95 Å². The first kappa shape index (κ1) is 12.3. The molecule has 0 N–H and O–H groups in total. The van der Waals surface area contributed by atoms with Gasteiger partial charge in [-0.3, -0.25) is 15.1 Å². The molecule has 0 radical (unpaired) electrons. The van der Waals surface area contributed by atoms with Gasteiger partial charge in [0.15, 0.2) is 0 Å². The molecule has 0 aliphatic carbocycles. The first-order chi connectivity index (χ1) is 8.65. The van der Waals surface area contributed by atoms with Gasteiger partial charge in [0.25, 0.3) is 5.69 Å². The maximum atomic E-state index is 10.6. The quantitative estimate of drug-likeness (QED) is 0.623. The number of non-ortho nitro benzene ring substituents is 1. The molecule has 0 atom stereocenters. The van der Waals surface area contributed by atoms with Crippen molar-refractivity contribution in [2.24, 2.45) is 0 Å². The number of rotatable bonds is 3. The van der Waals surface area contributed by atoms with Crippen molar-refractivity contribution in [2.75, 3.05) is 0 Å². The molecule has 0 spiro atoms. The van der Waals surface area contributed by atoms with E-state index in [1.165, 1.54) is 12.1 Å². The molecule has 0 aliphatic rings. The molecule has 18 heavy (non-hydrogen) atoms. The third-order valence-corrected chi connectivity index (χ3v) is 2.48. The number of hydrogen-bond donors (Lipinski definition) is 0. The second kappa shape index (κ2) is 5.42. The number of halogens is 1. The van der Waals surface area contributed by atoms with Crippen LogP contribution in [0.3, 0.4) is 0 Å². The van der Waals surface area contributed by atoms with Gasteiger partial charge < -0.3 is 0 Å². The topological polar surface area (TPSA) is 56.0 Å². The van der Waals surface area contributed by atoms with Crippen molar-refractivity contribution in [1.82, 2.24) is 4.98 Å². The summed E-state index contributed by atoms with van der Waals surface area (Å²) in [4.78, 5) is 14.2. The molecule has 1 heterocycles. The minimum Gasteiger partial charge on any atom is -0.263 e. The molecular weight excluding hydrogens is 252 g/mol. The molecule has 1 aromatic heterocycles. The lowest BCUT2D eigenvalue weighted by molar-refractivity contribution is -0.384. The third kappa shape index (κ3) is 3.15. The molecule has 4 nitrogen and oxygen atoms in total. The number of benzene rings is 1. The molecule has 0 amide bonds. The van der Waals surface area contributed by atoms with Gasteiger partial charge in [0.2, 0.25) is 0 Å². The van der Waals surface area contributed by atoms with Crippen LogP contribution in [0.2, 0.25) is 5.02 Å². The van der Waals surface area contributed by atoms with E-state index in [2.05, 4.69) is 4.98 Å². The number of nitro benzene ring substituents is 1. The van der Waals surface area contributed by atoms with Gasteiger partial charge in [-0.1, -0.05) is 35.9 Å². The molecule has 0 bridgehead atoms. The maximum Gasteiger partial charge on any atom is 0.270 e. The molecule has 0 saturated heterocycles. The van der Waals surface area contributed by atoms with Gasteiger partial charge in [-0.05, 0) is 17.2 Å². The number of nitrogens with zero attached hydrogens (tertiary/aromatic N) is 2. The zero-order chi connectivity index (χ0) is 13.0. The molecule has 0 unspecified atom stereocenters. The number of aromatic nitrogens is 1. The standard InChI is InChI=1S/C13H9ClN2O2/c14-12-6-11(8-15-9-12)5-4-10-2-1-3-13(7-10)16(17)18/h1-9H/b5-4+. The Hall–Kier alpha value is -2.20. The second-order valence-electron chi connectivity index (χ2n) is 3.62. The van der Waals surface area contributed by atoms with E-state index in [4.69, 9.17) is 11.6 Å². The van der Waals surface area contributed by atoms with Gasteiger partial charge in [-0.25, -0.2) is 0 Å². The Morgan fingerprint density at radius 1 is 1.17 bits per heavy atom. The van der Waals surface area contributed by atoms with Gasteiger partial charge in [-0.2, -0.15) is 0 Å². The van der Waals surface area contributed by atoms with Crippen molar-refractivity contribution in [1.29, 1.82) is 0 Å². The van der Waals surface area contributed by atoms with Crippen LogP contribution >= 0.6 is 11.6 Å². The van der Waals surface area contributed by atoms with Crippen LogP contribution in [0.15, 0.2) is 42.7 Å². The van der Waals surface area contributed by atoms with Gasteiger partial charge in [0.1, 0.15) is 0 Å². The summed E-state index contributed by atoms with van der Waals surface area (Å²) in [7, 11) is 0. The Balaban J connectivity index is 2.23. The van der Waals surface area contributed by atoms with E-state index in [0.29, 0.717) is 5.02 Å². The second-order valence-corrected chi connectivity index (χ2v) is 4.06. The van der Waals surface area contributed by atoms with E-state index in [1.54, 1.807) is 42.7 Å². The first-order valence-electron chi connectivity index (χ1n) is 5.18. The van der Waals surface area contributed by atoms with Crippen LogP contribution in [0.1, 0.15) is 11.1 Å². The average Bonchev–Trinajstić information content (AvgIpc) is 2.37. The lowest BCUT2D eigenvalue weighted by atomic mass is 10.1. The summed E-state index contributed by atoms with van der Waals surface area (Å²) < 4.78 is 0. The van der Waals surface area contributed by atoms with Crippen molar-refractivity contribution in [3.63, 3.8) is 0 Å². The summed E-state index contributed by atoms with van der Waals surface area (Å²) in [5.41, 5.74) is 1.67. The van der Waals surface area contributed by atoms with Gasteiger partial charge >= 0.3 is 0 Å². The highest BCUT2D eigenvalue weighted by molar-refractivity contribution is 6.30. The van der Waals surface area contributed by atoms with Crippen molar-refractivity contribution in [3.8, 4) is 0 Å². The van der Waals surface area contributed by atoms with E-state index in [0.717, 1.165) is 11.1 Å². The molecule has 2 aromatic rings. The summed E-state index contributed by atoms with van der Waals surface area (Å²) in [6.07, 6.45) is 6.80. The Bertz CT molecular complexity index is 611. The molecule has 0 fully saturated rings. The Morgan fingerprint density at radius 3 is 2.67 bits per heavy atom. The summed E-state index contributed by atoms with van der Waals surface area (Å²) in [5, 5.41) is 11.2. The summed E-state index contributed by atoms with van der Waals surface area (Å²) in [5.74, 6) is 0. The Morgan fingerprint density at radius 2 is 1.94 bits per heavy atom. The highest BCUT2D eigenvalue weighted by Crippen LogP contribution is 2.16. The predicted molar refractivity (Wildman–Crippen MR) is 71.3 cm³/mol. The number of pyridine rings is 1. The van der Waals surface area contributed by atoms with Crippen LogP contribution in [-0.4, -0.2) is 9.91 Å². The van der Waals surface area contributed by atoms with Crippen molar-refractivity contribution >= 4 is 29.4 Å². The normalized spacial score (nSPS) is 10.7. The maximum absolute atomic E-state index is 10.6. The van der Waals surface area contributed by atoms with E-state index in [1.807, 2.05) is 0 Å². The van der Waals surface area contributed by atoms with E-state index < -0.39 is 4.92 Å². The summed E-state index contributed by atoms with van der Waals surface area (Å²) in [6.45, 7) is 0. The fraction of sp³-hybridized carbons (Fsp3) is 0. The molecule has 2 rings (SSSR count). The minimum absolute atomic E-state index is 0.0707. The molecule has 5 heteroatoms. The van der Waals surface area contributed by atoms with Crippen LogP contribution < -0.4 is 0 Å². The highest BCUT2D eigenvalue weighted by atomic mass is 35.5. The Labute approximate surface area is 109 Å². The van der Waals surface area contributed by atoms with Crippen LogP contribution in [0.5, 0.6) is 0 Å². The molecule has 0 aliphatic heterocycles. The summed E-state index contributed by atoms with van der Waals surface area (Å²) >= 11 is 5.81. The van der Waals surface area contributed by atoms with Crippen LogP contribution in [0.25, 0.3) is 12.2 Å². The number of hydrogen-bond acceptors (Lipinski definition) is 3. The van der Waals surface area contributed by atoms with E-state index in [9.17, 15) is 10.1 Å². The third-order valence-electron chi connectivity index (χ3n) is 2.28. The molecule has 0 saturated carbocycles. The molecule has 1 aromatic carbocycles. The van der Waals surface area contributed by atoms with Gasteiger partial charge in [0, 0.05) is 24.5 Å². The van der Waals surface area contributed by atoms with Crippen LogP contribution in [0.4, 0.5) is 5.69 Å². The predicted octanol–water partition coefficient (Wildman–Crippen LogP) is 3.81. The van der Waals surface area contributed by atoms with Crippen LogP contribution in [-0.2, 0) is 0 Å². The van der Waals surface area contributed by atoms with E-state index >= 15 is 0 Å². The largest absolute Gasteiger partial charge is 0.270 e. The molecular formula is C13H9ClN2O2. The summed E-state index contributed by atoms with van der Waals surface area (Å²) in [6, 6.07) is 8.17. The highest BCUT2D eigenvalue weighted by Gasteiger charge is 2.03. The first-order valence-corrected chi connectivity index (χ1v) is 5.56. The Kier molecular flexibility index (Phi) is 3.69.